The molecule has 0 aliphatic carbocycles. The first-order valence-electron chi connectivity index (χ1n) is 7.50. The van der Waals surface area contributed by atoms with E-state index < -0.39 is 26.6 Å². The van der Waals surface area contributed by atoms with Crippen molar-refractivity contribution < 1.29 is 21.9 Å². The van der Waals surface area contributed by atoms with Crippen LogP contribution in [0.5, 0.6) is 5.75 Å². The van der Waals surface area contributed by atoms with Gasteiger partial charge in [-0.3, -0.25) is 0 Å². The number of nitrogens with zero attached hydrogens (tertiary/aromatic N) is 1. The number of ether oxygens (including phenoxy) is 1. The van der Waals surface area contributed by atoms with Crippen molar-refractivity contribution in [1.29, 1.82) is 0 Å². The van der Waals surface area contributed by atoms with E-state index in [-0.39, 0.29) is 12.6 Å². The number of nitrogens with one attached hydrogen (secondary N) is 1. The largest absolute Gasteiger partial charge is 0.497 e. The van der Waals surface area contributed by atoms with E-state index >= 15 is 0 Å². The van der Waals surface area contributed by atoms with Gasteiger partial charge in [-0.2, -0.15) is 0 Å². The lowest BCUT2D eigenvalue weighted by Gasteiger charge is -2.25. The molecule has 8 heteroatoms. The van der Waals surface area contributed by atoms with Crippen LogP contribution < -0.4 is 9.46 Å². The third-order valence-electron chi connectivity index (χ3n) is 3.76. The second-order valence-electron chi connectivity index (χ2n) is 5.66. The first-order valence-corrected chi connectivity index (χ1v) is 8.98. The van der Waals surface area contributed by atoms with Gasteiger partial charge in [-0.1, -0.05) is 18.2 Å². The molecule has 2 rings (SSSR count). The zero-order valence-corrected chi connectivity index (χ0v) is 15.0. The van der Waals surface area contributed by atoms with Gasteiger partial charge in [0.2, 0.25) is 10.0 Å². The minimum Gasteiger partial charge on any atom is -0.497 e. The second kappa shape index (κ2) is 7.90. The molecule has 136 valence electrons. The molecule has 1 atom stereocenters. The van der Waals surface area contributed by atoms with Crippen molar-refractivity contribution in [2.45, 2.75) is 10.9 Å². The molecule has 2 aromatic rings. The Morgan fingerprint density at radius 3 is 2.28 bits per heavy atom. The van der Waals surface area contributed by atoms with Gasteiger partial charge < -0.3 is 9.64 Å². The molecule has 0 bridgehead atoms. The standard InChI is InChI=1S/C17H20F2N2O3S/c1-21(2)16(12-6-4-7-13(10-12)24-3)11-20-25(22,23)17-14(18)8-5-9-15(17)19/h4-10,16,20H,11H2,1-3H3. The zero-order chi connectivity index (χ0) is 18.6. The highest BCUT2D eigenvalue weighted by atomic mass is 32.2. The number of benzene rings is 2. The summed E-state index contributed by atoms with van der Waals surface area (Å²) < 4.78 is 59.6. The Bertz CT molecular complexity index is 821. The summed E-state index contributed by atoms with van der Waals surface area (Å²) in [5.74, 6) is -1.63. The van der Waals surface area contributed by atoms with E-state index in [0.717, 1.165) is 23.8 Å². The molecule has 0 heterocycles. The van der Waals surface area contributed by atoms with Crippen LogP contribution in [0.4, 0.5) is 8.78 Å². The lowest BCUT2D eigenvalue weighted by molar-refractivity contribution is 0.298. The molecule has 0 radical (unpaired) electrons. The molecule has 0 saturated carbocycles. The van der Waals surface area contributed by atoms with Gasteiger partial charge in [0.05, 0.1) is 7.11 Å². The molecule has 0 fully saturated rings. The van der Waals surface area contributed by atoms with Crippen LogP contribution in [-0.2, 0) is 10.0 Å². The monoisotopic (exact) mass is 370 g/mol. The summed E-state index contributed by atoms with van der Waals surface area (Å²) in [6, 6.07) is 9.74. The third-order valence-corrected chi connectivity index (χ3v) is 5.23. The molecule has 25 heavy (non-hydrogen) atoms. The first-order chi connectivity index (χ1) is 11.8. The fourth-order valence-corrected chi connectivity index (χ4v) is 3.62. The fourth-order valence-electron chi connectivity index (χ4n) is 2.45. The first kappa shape index (κ1) is 19.3. The fraction of sp³-hybridized carbons (Fsp3) is 0.294. The van der Waals surface area contributed by atoms with Gasteiger partial charge >= 0.3 is 0 Å². The van der Waals surface area contributed by atoms with Gasteiger partial charge in [0.25, 0.3) is 0 Å². The molecule has 0 aliphatic rings. The second-order valence-corrected chi connectivity index (χ2v) is 7.36. The summed E-state index contributed by atoms with van der Waals surface area (Å²) in [6.07, 6.45) is 0. The topological polar surface area (TPSA) is 58.6 Å². The summed E-state index contributed by atoms with van der Waals surface area (Å²) in [4.78, 5) is 0.827. The van der Waals surface area contributed by atoms with Gasteiger partial charge in [-0.25, -0.2) is 21.9 Å². The smallest absolute Gasteiger partial charge is 0.246 e. The van der Waals surface area contributed by atoms with Gasteiger partial charge in [-0.15, -0.1) is 0 Å². The molecular weight excluding hydrogens is 350 g/mol. The van der Waals surface area contributed by atoms with Gasteiger partial charge in [-0.05, 0) is 43.9 Å². The number of hydrogen-bond acceptors (Lipinski definition) is 4. The Hall–Kier alpha value is -2.03. The van der Waals surface area contributed by atoms with Gasteiger partial charge in [0.1, 0.15) is 17.4 Å². The van der Waals surface area contributed by atoms with Crippen molar-refractivity contribution in [3.8, 4) is 5.75 Å². The highest BCUT2D eigenvalue weighted by molar-refractivity contribution is 7.89. The average molecular weight is 370 g/mol. The Morgan fingerprint density at radius 1 is 1.12 bits per heavy atom. The normalized spacial score (nSPS) is 13.0. The number of halogens is 2. The van der Waals surface area contributed by atoms with Crippen molar-refractivity contribution in [1.82, 2.24) is 9.62 Å². The van der Waals surface area contributed by atoms with E-state index in [4.69, 9.17) is 4.74 Å². The predicted octanol–water partition coefficient (Wildman–Crippen LogP) is 2.55. The predicted molar refractivity (Wildman–Crippen MR) is 91.0 cm³/mol. The summed E-state index contributed by atoms with van der Waals surface area (Å²) in [5, 5.41) is 0. The number of hydrogen-bond donors (Lipinski definition) is 1. The Labute approximate surface area is 146 Å². The van der Waals surface area contributed by atoms with E-state index in [1.54, 1.807) is 37.2 Å². The highest BCUT2D eigenvalue weighted by Gasteiger charge is 2.25. The lowest BCUT2D eigenvalue weighted by atomic mass is 10.1. The maximum Gasteiger partial charge on any atom is 0.246 e. The van der Waals surface area contributed by atoms with Gasteiger partial charge in [0, 0.05) is 12.6 Å². The van der Waals surface area contributed by atoms with E-state index in [1.165, 1.54) is 7.11 Å². The Balaban J connectivity index is 2.26. The average Bonchev–Trinajstić information content (AvgIpc) is 2.54. The van der Waals surface area contributed by atoms with Crippen molar-refractivity contribution >= 4 is 10.0 Å². The van der Waals surface area contributed by atoms with E-state index in [1.807, 2.05) is 6.07 Å². The van der Waals surface area contributed by atoms with Crippen molar-refractivity contribution in [3.05, 3.63) is 59.7 Å². The van der Waals surface area contributed by atoms with Crippen LogP contribution in [-0.4, -0.2) is 41.1 Å². The summed E-state index contributed by atoms with van der Waals surface area (Å²) in [5.41, 5.74) is 0.807. The molecule has 0 spiro atoms. The molecule has 1 N–H and O–H groups in total. The maximum absolute atomic E-state index is 13.8. The zero-order valence-electron chi connectivity index (χ0n) is 14.2. The van der Waals surface area contributed by atoms with E-state index in [2.05, 4.69) is 4.72 Å². The van der Waals surface area contributed by atoms with Crippen molar-refractivity contribution in [3.63, 3.8) is 0 Å². The van der Waals surface area contributed by atoms with Crippen LogP contribution in [0.25, 0.3) is 0 Å². The molecule has 2 aromatic carbocycles. The highest BCUT2D eigenvalue weighted by Crippen LogP contribution is 2.23. The summed E-state index contributed by atoms with van der Waals surface area (Å²) in [6.45, 7) is -0.0593. The van der Waals surface area contributed by atoms with Gasteiger partial charge in [0.15, 0.2) is 4.90 Å². The molecular formula is C17H20F2N2O3S. The molecule has 0 aliphatic heterocycles. The van der Waals surface area contributed by atoms with Crippen LogP contribution >= 0.6 is 0 Å². The molecule has 0 aromatic heterocycles. The quantitative estimate of drug-likeness (QED) is 0.814. The van der Waals surface area contributed by atoms with Crippen LogP contribution in [0, 0.1) is 11.6 Å². The Kier molecular flexibility index (Phi) is 6.10. The van der Waals surface area contributed by atoms with E-state index in [9.17, 15) is 17.2 Å². The maximum atomic E-state index is 13.8. The minimum atomic E-state index is -4.33. The van der Waals surface area contributed by atoms with Crippen molar-refractivity contribution in [2.75, 3.05) is 27.7 Å². The lowest BCUT2D eigenvalue weighted by Crippen LogP contribution is -2.35. The van der Waals surface area contributed by atoms with Crippen molar-refractivity contribution in [2.24, 2.45) is 0 Å². The minimum absolute atomic E-state index is 0.0593. The number of likely N-dealkylation sites (N-methyl/N-ethyl adjacent to an activating group) is 1. The Morgan fingerprint density at radius 2 is 1.72 bits per heavy atom. The SMILES string of the molecule is COc1cccc(C(CNS(=O)(=O)c2c(F)cccc2F)N(C)C)c1. The third kappa shape index (κ3) is 4.53. The van der Waals surface area contributed by atoms with Crippen LogP contribution in [0.15, 0.2) is 47.4 Å². The summed E-state index contributed by atoms with van der Waals surface area (Å²) >= 11 is 0. The molecule has 1 unspecified atom stereocenters. The summed E-state index contributed by atoms with van der Waals surface area (Å²) in [7, 11) is 0.763. The molecule has 5 nitrogen and oxygen atoms in total. The van der Waals surface area contributed by atoms with Crippen LogP contribution in [0.2, 0.25) is 0 Å². The number of methoxy groups -OCH3 is 1. The van der Waals surface area contributed by atoms with Crippen LogP contribution in [0.3, 0.4) is 0 Å². The molecule has 0 amide bonds. The van der Waals surface area contributed by atoms with E-state index in [0.29, 0.717) is 5.75 Å². The van der Waals surface area contributed by atoms with Crippen LogP contribution in [0.1, 0.15) is 11.6 Å². The number of sulfonamides is 1. The number of rotatable bonds is 7. The molecule has 0 saturated heterocycles.